The highest BCUT2D eigenvalue weighted by molar-refractivity contribution is 5.89. The Kier molecular flexibility index (Phi) is 4.40. The number of rotatable bonds is 1. The van der Waals surface area contributed by atoms with Crippen molar-refractivity contribution in [2.45, 2.75) is 51.0 Å². The van der Waals surface area contributed by atoms with Gasteiger partial charge in [0.25, 0.3) is 0 Å². The fourth-order valence-electron chi connectivity index (χ4n) is 2.79. The smallest absolute Gasteiger partial charge is 0.0745 e. The van der Waals surface area contributed by atoms with Crippen LogP contribution in [-0.4, -0.2) is 35.0 Å². The van der Waals surface area contributed by atoms with Crippen LogP contribution in [0.4, 0.5) is 0 Å². The number of hydrogen-bond donors (Lipinski definition) is 1. The van der Waals surface area contributed by atoms with Crippen molar-refractivity contribution in [1.82, 2.24) is 4.90 Å². The predicted molar refractivity (Wildman–Crippen MR) is 66.0 cm³/mol. The first-order valence-electron chi connectivity index (χ1n) is 6.51. The summed E-state index contributed by atoms with van der Waals surface area (Å²) < 4.78 is 0. The van der Waals surface area contributed by atoms with Crippen molar-refractivity contribution in [2.75, 3.05) is 13.1 Å². The summed E-state index contributed by atoms with van der Waals surface area (Å²) in [7, 11) is 0. The zero-order valence-corrected chi connectivity index (χ0v) is 9.94. The van der Waals surface area contributed by atoms with E-state index >= 15 is 0 Å². The highest BCUT2D eigenvalue weighted by Crippen LogP contribution is 2.20. The molecule has 0 aromatic carbocycles. The molecule has 1 fully saturated rings. The van der Waals surface area contributed by atoms with E-state index in [1.54, 1.807) is 0 Å². The Hall–Kier alpha value is -0.830. The number of likely N-dealkylation sites (tertiary alicyclic amines) is 1. The number of allylic oxidation sites excluding steroid dienone is 2. The van der Waals surface area contributed by atoms with Crippen molar-refractivity contribution in [3.05, 3.63) is 12.2 Å². The molecule has 0 amide bonds. The van der Waals surface area contributed by atoms with Gasteiger partial charge in [-0.25, -0.2) is 0 Å². The molecule has 1 heterocycles. The van der Waals surface area contributed by atoms with Gasteiger partial charge < -0.3 is 5.21 Å². The second-order valence-corrected chi connectivity index (χ2v) is 4.79. The van der Waals surface area contributed by atoms with Crippen molar-refractivity contribution >= 4 is 5.71 Å². The van der Waals surface area contributed by atoms with Gasteiger partial charge in [-0.2, -0.15) is 0 Å². The van der Waals surface area contributed by atoms with Gasteiger partial charge in [0, 0.05) is 0 Å². The second kappa shape index (κ2) is 6.04. The van der Waals surface area contributed by atoms with Crippen LogP contribution in [0.5, 0.6) is 0 Å². The third-order valence-corrected chi connectivity index (χ3v) is 3.69. The Balaban J connectivity index is 2.04. The van der Waals surface area contributed by atoms with Gasteiger partial charge in [0.2, 0.25) is 0 Å². The lowest BCUT2D eigenvalue weighted by Crippen LogP contribution is -2.44. The highest BCUT2D eigenvalue weighted by atomic mass is 16.4. The van der Waals surface area contributed by atoms with Crippen molar-refractivity contribution in [3.63, 3.8) is 0 Å². The molecule has 0 spiro atoms. The van der Waals surface area contributed by atoms with E-state index in [1.807, 2.05) is 0 Å². The average Bonchev–Trinajstić information content (AvgIpc) is 2.30. The fourth-order valence-corrected chi connectivity index (χ4v) is 2.79. The van der Waals surface area contributed by atoms with Gasteiger partial charge in [-0.05, 0) is 51.6 Å². The van der Waals surface area contributed by atoms with Crippen LogP contribution in [0.3, 0.4) is 0 Å². The standard InChI is InChI=1S/C13H22N2O/c16-14-12-8-4-1-2-5-9-13(12)15-10-6-3-7-11-15/h1-2,13,16H,3-11H2. The Labute approximate surface area is 97.8 Å². The Morgan fingerprint density at radius 3 is 2.62 bits per heavy atom. The molecule has 1 N–H and O–H groups in total. The Morgan fingerprint density at radius 2 is 1.88 bits per heavy atom. The van der Waals surface area contributed by atoms with Crippen LogP contribution in [0.25, 0.3) is 0 Å². The Morgan fingerprint density at radius 1 is 1.12 bits per heavy atom. The van der Waals surface area contributed by atoms with Crippen LogP contribution in [0.2, 0.25) is 0 Å². The zero-order valence-electron chi connectivity index (χ0n) is 9.94. The van der Waals surface area contributed by atoms with E-state index < -0.39 is 0 Å². The molecule has 1 aliphatic carbocycles. The van der Waals surface area contributed by atoms with Crippen molar-refractivity contribution in [1.29, 1.82) is 0 Å². The van der Waals surface area contributed by atoms with E-state index in [4.69, 9.17) is 5.21 Å². The molecule has 3 nitrogen and oxygen atoms in total. The molecule has 0 radical (unpaired) electrons. The number of oxime groups is 1. The van der Waals surface area contributed by atoms with Crippen LogP contribution >= 0.6 is 0 Å². The lowest BCUT2D eigenvalue weighted by molar-refractivity contribution is 0.188. The summed E-state index contributed by atoms with van der Waals surface area (Å²) in [6.45, 7) is 2.35. The summed E-state index contributed by atoms with van der Waals surface area (Å²) in [5.74, 6) is 0. The lowest BCUT2D eigenvalue weighted by Gasteiger charge is -2.35. The summed E-state index contributed by atoms with van der Waals surface area (Å²) in [5, 5.41) is 12.7. The summed E-state index contributed by atoms with van der Waals surface area (Å²) in [6.07, 6.45) is 12.6. The van der Waals surface area contributed by atoms with Crippen LogP contribution in [0.1, 0.15) is 44.9 Å². The lowest BCUT2D eigenvalue weighted by atomic mass is 9.95. The van der Waals surface area contributed by atoms with Crippen molar-refractivity contribution < 1.29 is 5.21 Å². The molecule has 1 saturated heterocycles. The molecule has 0 aromatic rings. The topological polar surface area (TPSA) is 35.8 Å². The van der Waals surface area contributed by atoms with Gasteiger partial charge in [0.05, 0.1) is 11.8 Å². The van der Waals surface area contributed by atoms with E-state index in [2.05, 4.69) is 22.2 Å². The molecular formula is C13H22N2O. The van der Waals surface area contributed by atoms with Crippen LogP contribution in [-0.2, 0) is 0 Å². The maximum atomic E-state index is 9.15. The fraction of sp³-hybridized carbons (Fsp3) is 0.769. The number of nitrogens with zero attached hydrogens (tertiary/aromatic N) is 2. The first-order chi connectivity index (χ1) is 7.92. The van der Waals surface area contributed by atoms with E-state index in [0.29, 0.717) is 6.04 Å². The third kappa shape index (κ3) is 2.85. The quantitative estimate of drug-likeness (QED) is 0.421. The molecule has 0 aromatic heterocycles. The normalized spacial score (nSPS) is 31.2. The molecule has 1 atom stereocenters. The summed E-state index contributed by atoms with van der Waals surface area (Å²) in [5.41, 5.74) is 0.992. The maximum Gasteiger partial charge on any atom is 0.0745 e. The predicted octanol–water partition coefficient (Wildman–Crippen LogP) is 2.80. The summed E-state index contributed by atoms with van der Waals surface area (Å²) in [6, 6.07) is 0.384. The minimum atomic E-state index is 0.384. The highest BCUT2D eigenvalue weighted by Gasteiger charge is 2.25. The minimum Gasteiger partial charge on any atom is -0.411 e. The third-order valence-electron chi connectivity index (χ3n) is 3.69. The molecule has 0 saturated carbocycles. The molecule has 2 rings (SSSR count). The molecular weight excluding hydrogens is 200 g/mol. The van der Waals surface area contributed by atoms with Gasteiger partial charge in [0.1, 0.15) is 0 Å². The minimum absolute atomic E-state index is 0.384. The van der Waals surface area contributed by atoms with E-state index in [-0.39, 0.29) is 0 Å². The zero-order chi connectivity index (χ0) is 11.2. The number of piperidine rings is 1. The molecule has 16 heavy (non-hydrogen) atoms. The van der Waals surface area contributed by atoms with Crippen molar-refractivity contribution in [3.8, 4) is 0 Å². The molecule has 1 unspecified atom stereocenters. The number of hydrogen-bond acceptors (Lipinski definition) is 3. The first-order valence-corrected chi connectivity index (χ1v) is 6.51. The Bertz CT molecular complexity index is 267. The van der Waals surface area contributed by atoms with Gasteiger partial charge in [-0.3, -0.25) is 4.90 Å². The summed E-state index contributed by atoms with van der Waals surface area (Å²) in [4.78, 5) is 2.51. The van der Waals surface area contributed by atoms with Crippen molar-refractivity contribution in [2.24, 2.45) is 5.16 Å². The SMILES string of the molecule is ON=C1CCC=CCCC1N1CCCCC1. The molecule has 90 valence electrons. The first kappa shape index (κ1) is 11.6. The van der Waals surface area contributed by atoms with Crippen LogP contribution in [0, 0.1) is 0 Å². The maximum absolute atomic E-state index is 9.15. The molecule has 1 aliphatic heterocycles. The van der Waals surface area contributed by atoms with E-state index in [9.17, 15) is 0 Å². The van der Waals surface area contributed by atoms with Crippen LogP contribution < -0.4 is 0 Å². The molecule has 2 aliphatic rings. The molecule has 0 bridgehead atoms. The van der Waals surface area contributed by atoms with E-state index in [0.717, 1.165) is 31.4 Å². The van der Waals surface area contributed by atoms with Crippen LogP contribution in [0.15, 0.2) is 17.3 Å². The molecule has 3 heteroatoms. The second-order valence-electron chi connectivity index (χ2n) is 4.79. The van der Waals surface area contributed by atoms with Gasteiger partial charge in [-0.1, -0.05) is 23.7 Å². The largest absolute Gasteiger partial charge is 0.411 e. The monoisotopic (exact) mass is 222 g/mol. The van der Waals surface area contributed by atoms with Gasteiger partial charge >= 0.3 is 0 Å². The van der Waals surface area contributed by atoms with E-state index in [1.165, 1.54) is 32.4 Å². The summed E-state index contributed by atoms with van der Waals surface area (Å²) >= 11 is 0. The van der Waals surface area contributed by atoms with Gasteiger partial charge in [0.15, 0.2) is 0 Å². The average molecular weight is 222 g/mol. The van der Waals surface area contributed by atoms with Gasteiger partial charge in [-0.15, -0.1) is 0 Å².